The first-order chi connectivity index (χ1) is 9.24. The highest BCUT2D eigenvalue weighted by molar-refractivity contribution is 5.79. The fraction of sp³-hybridized carbons (Fsp3) is 0.400. The van der Waals surface area contributed by atoms with Gasteiger partial charge < -0.3 is 14.6 Å². The summed E-state index contributed by atoms with van der Waals surface area (Å²) in [5.74, 6) is 0. The molecule has 4 nitrogen and oxygen atoms in total. The monoisotopic (exact) mass is 260 g/mol. The quantitative estimate of drug-likeness (QED) is 0.803. The van der Waals surface area contributed by atoms with Gasteiger partial charge in [-0.15, -0.1) is 0 Å². The number of aromatic nitrogens is 1. The molecule has 1 aromatic carbocycles. The van der Waals surface area contributed by atoms with Crippen LogP contribution in [0.4, 0.5) is 0 Å². The van der Waals surface area contributed by atoms with Crippen LogP contribution in [-0.2, 0) is 18.3 Å². The Morgan fingerprint density at radius 2 is 2.11 bits per heavy atom. The van der Waals surface area contributed by atoms with Crippen LogP contribution in [0.15, 0.2) is 35.1 Å². The van der Waals surface area contributed by atoms with Gasteiger partial charge in [-0.3, -0.25) is 4.79 Å². The summed E-state index contributed by atoms with van der Waals surface area (Å²) >= 11 is 0. The first kappa shape index (κ1) is 13.8. The molecule has 1 heterocycles. The molecule has 0 aliphatic carbocycles. The third-order valence-electron chi connectivity index (χ3n) is 3.22. The van der Waals surface area contributed by atoms with E-state index in [0.29, 0.717) is 6.54 Å². The smallest absolute Gasteiger partial charge is 0.255 e. The number of nitrogens with zero attached hydrogens (tertiary/aromatic N) is 1. The molecule has 102 valence electrons. The molecule has 0 atom stereocenters. The van der Waals surface area contributed by atoms with E-state index in [4.69, 9.17) is 4.74 Å². The van der Waals surface area contributed by atoms with Crippen LogP contribution in [-0.4, -0.2) is 24.8 Å². The van der Waals surface area contributed by atoms with Crippen molar-refractivity contribution < 1.29 is 4.74 Å². The lowest BCUT2D eigenvalue weighted by molar-refractivity contribution is 0.194. The fourth-order valence-corrected chi connectivity index (χ4v) is 2.18. The second-order valence-corrected chi connectivity index (χ2v) is 4.62. The third-order valence-corrected chi connectivity index (χ3v) is 3.22. The van der Waals surface area contributed by atoms with Crippen molar-refractivity contribution in [2.24, 2.45) is 7.05 Å². The molecule has 4 heteroatoms. The minimum Gasteiger partial charge on any atom is -0.385 e. The number of fused-ring (bicyclic) bond motifs is 1. The Morgan fingerprint density at radius 1 is 1.32 bits per heavy atom. The predicted molar refractivity (Wildman–Crippen MR) is 77.4 cm³/mol. The molecule has 0 spiro atoms. The second kappa shape index (κ2) is 6.50. The van der Waals surface area contributed by atoms with Crippen molar-refractivity contribution in [1.82, 2.24) is 9.88 Å². The average molecular weight is 260 g/mol. The van der Waals surface area contributed by atoms with Gasteiger partial charge in [-0.25, -0.2) is 0 Å². The van der Waals surface area contributed by atoms with Crippen molar-refractivity contribution >= 4 is 10.9 Å². The summed E-state index contributed by atoms with van der Waals surface area (Å²) in [7, 11) is 3.51. The van der Waals surface area contributed by atoms with Crippen molar-refractivity contribution in [2.45, 2.75) is 13.0 Å². The first-order valence-electron chi connectivity index (χ1n) is 6.51. The van der Waals surface area contributed by atoms with Crippen LogP contribution in [0.2, 0.25) is 0 Å². The predicted octanol–water partition coefficient (Wildman–Crippen LogP) is 1.66. The molecule has 2 aromatic rings. The van der Waals surface area contributed by atoms with Gasteiger partial charge in [-0.2, -0.15) is 0 Å². The van der Waals surface area contributed by atoms with Crippen LogP contribution >= 0.6 is 0 Å². The van der Waals surface area contributed by atoms with E-state index in [-0.39, 0.29) is 5.56 Å². The van der Waals surface area contributed by atoms with E-state index in [2.05, 4.69) is 5.32 Å². The summed E-state index contributed by atoms with van der Waals surface area (Å²) in [5.41, 5.74) is 1.84. The lowest BCUT2D eigenvalue weighted by atomic mass is 10.1. The third kappa shape index (κ3) is 3.22. The van der Waals surface area contributed by atoms with Crippen LogP contribution in [0.25, 0.3) is 10.9 Å². The zero-order chi connectivity index (χ0) is 13.7. The van der Waals surface area contributed by atoms with E-state index in [1.54, 1.807) is 11.7 Å². The van der Waals surface area contributed by atoms with Crippen LogP contribution < -0.4 is 10.9 Å². The molecule has 0 fully saturated rings. The van der Waals surface area contributed by atoms with E-state index >= 15 is 0 Å². The number of nitrogens with one attached hydrogen (secondary N) is 1. The van der Waals surface area contributed by atoms with Crippen LogP contribution in [0.3, 0.4) is 0 Å². The van der Waals surface area contributed by atoms with Gasteiger partial charge in [0.1, 0.15) is 0 Å². The summed E-state index contributed by atoms with van der Waals surface area (Å²) in [6.07, 6.45) is 0.949. The molecule has 0 saturated heterocycles. The molecule has 2 rings (SSSR count). The Kier molecular flexibility index (Phi) is 4.71. The summed E-state index contributed by atoms with van der Waals surface area (Å²) in [6, 6.07) is 9.91. The molecule has 0 bridgehead atoms. The van der Waals surface area contributed by atoms with Gasteiger partial charge >= 0.3 is 0 Å². The van der Waals surface area contributed by atoms with Crippen molar-refractivity contribution in [3.8, 4) is 0 Å². The Balaban J connectivity index is 2.15. The highest BCUT2D eigenvalue weighted by Crippen LogP contribution is 2.12. The number of hydrogen-bond acceptors (Lipinski definition) is 3. The maximum atomic E-state index is 12.2. The molecular formula is C15H20N2O2. The lowest BCUT2D eigenvalue weighted by Gasteiger charge is -2.09. The maximum Gasteiger partial charge on any atom is 0.255 e. The molecule has 1 aromatic heterocycles. The van der Waals surface area contributed by atoms with Crippen molar-refractivity contribution in [1.29, 1.82) is 0 Å². The summed E-state index contributed by atoms with van der Waals surface area (Å²) < 4.78 is 6.70. The lowest BCUT2D eigenvalue weighted by Crippen LogP contribution is -2.26. The van der Waals surface area contributed by atoms with E-state index in [1.165, 1.54) is 0 Å². The normalized spacial score (nSPS) is 11.1. The SMILES string of the molecule is COCCCNCc1cc2ccccc2n(C)c1=O. The average Bonchev–Trinajstić information content (AvgIpc) is 2.44. The van der Waals surface area contributed by atoms with Crippen molar-refractivity contribution in [3.05, 3.63) is 46.2 Å². The fourth-order valence-electron chi connectivity index (χ4n) is 2.18. The van der Waals surface area contributed by atoms with Crippen LogP contribution in [0, 0.1) is 0 Å². The van der Waals surface area contributed by atoms with Gasteiger partial charge in [-0.1, -0.05) is 18.2 Å². The molecular weight excluding hydrogens is 240 g/mol. The van der Waals surface area contributed by atoms with Gasteiger partial charge in [0.25, 0.3) is 5.56 Å². The Hall–Kier alpha value is -1.65. The number of rotatable bonds is 6. The highest BCUT2D eigenvalue weighted by atomic mass is 16.5. The number of para-hydroxylation sites is 1. The molecule has 0 amide bonds. The van der Waals surface area contributed by atoms with Crippen LogP contribution in [0.5, 0.6) is 0 Å². The van der Waals surface area contributed by atoms with Crippen LogP contribution in [0.1, 0.15) is 12.0 Å². The highest BCUT2D eigenvalue weighted by Gasteiger charge is 2.05. The van der Waals surface area contributed by atoms with E-state index < -0.39 is 0 Å². The summed E-state index contributed by atoms with van der Waals surface area (Å²) in [6.45, 7) is 2.19. The van der Waals surface area contributed by atoms with Gasteiger partial charge in [0, 0.05) is 32.9 Å². The molecule has 0 unspecified atom stereocenters. The van der Waals surface area contributed by atoms with Crippen molar-refractivity contribution in [2.75, 3.05) is 20.3 Å². The number of pyridine rings is 1. The Bertz CT molecular complexity index is 605. The summed E-state index contributed by atoms with van der Waals surface area (Å²) in [5, 5.41) is 4.37. The number of aryl methyl sites for hydroxylation is 1. The molecule has 1 N–H and O–H groups in total. The maximum absolute atomic E-state index is 12.2. The Morgan fingerprint density at radius 3 is 2.89 bits per heavy atom. The van der Waals surface area contributed by atoms with E-state index in [9.17, 15) is 4.79 Å². The largest absolute Gasteiger partial charge is 0.385 e. The molecule has 0 aliphatic heterocycles. The first-order valence-corrected chi connectivity index (χ1v) is 6.51. The van der Waals surface area contributed by atoms with E-state index in [1.807, 2.05) is 37.4 Å². The number of methoxy groups -OCH3 is 1. The number of benzene rings is 1. The zero-order valence-electron chi connectivity index (χ0n) is 11.5. The van der Waals surface area contributed by atoms with Gasteiger partial charge in [0.15, 0.2) is 0 Å². The zero-order valence-corrected chi connectivity index (χ0v) is 11.5. The molecule has 19 heavy (non-hydrogen) atoms. The van der Waals surface area contributed by atoms with E-state index in [0.717, 1.165) is 36.0 Å². The molecule has 0 saturated carbocycles. The van der Waals surface area contributed by atoms with Gasteiger partial charge in [-0.05, 0) is 30.5 Å². The van der Waals surface area contributed by atoms with Gasteiger partial charge in [0.2, 0.25) is 0 Å². The standard InChI is InChI=1S/C15H20N2O2/c1-17-14-7-4-3-6-12(14)10-13(15(17)18)11-16-8-5-9-19-2/h3-4,6-7,10,16H,5,8-9,11H2,1-2H3. The Labute approximate surface area is 113 Å². The molecule has 0 radical (unpaired) electrons. The molecule has 0 aliphatic rings. The van der Waals surface area contributed by atoms with Crippen molar-refractivity contribution in [3.63, 3.8) is 0 Å². The number of ether oxygens (including phenoxy) is 1. The minimum atomic E-state index is 0.0675. The number of hydrogen-bond donors (Lipinski definition) is 1. The minimum absolute atomic E-state index is 0.0675. The second-order valence-electron chi connectivity index (χ2n) is 4.62. The summed E-state index contributed by atoms with van der Waals surface area (Å²) in [4.78, 5) is 12.2. The van der Waals surface area contributed by atoms with Gasteiger partial charge in [0.05, 0.1) is 5.52 Å². The topological polar surface area (TPSA) is 43.3 Å².